The Balaban J connectivity index is 1.60. The zero-order valence-electron chi connectivity index (χ0n) is 18.8. The van der Waals surface area contributed by atoms with Gasteiger partial charge < -0.3 is 29.6 Å². The number of carbonyl (C=O) groups excluding carboxylic acids is 4. The van der Waals surface area contributed by atoms with E-state index in [1.165, 1.54) is 0 Å². The van der Waals surface area contributed by atoms with Crippen LogP contribution in [0.1, 0.15) is 13.8 Å². The number of benzene rings is 2. The Bertz CT molecular complexity index is 899. The average Bonchev–Trinajstić information content (AvgIpc) is 2.81. The van der Waals surface area contributed by atoms with Crippen molar-refractivity contribution in [3.05, 3.63) is 72.8 Å². The third-order valence-electron chi connectivity index (χ3n) is 3.94. The average molecular weight is 470 g/mol. The van der Waals surface area contributed by atoms with Gasteiger partial charge in [0.1, 0.15) is 24.7 Å². The van der Waals surface area contributed by atoms with Gasteiger partial charge >= 0.3 is 24.1 Å². The topological polar surface area (TPSA) is 129 Å². The molecule has 0 spiro atoms. The quantitative estimate of drug-likeness (QED) is 0.401. The van der Waals surface area contributed by atoms with E-state index in [1.807, 2.05) is 0 Å². The molecule has 2 N–H and O–H groups in total. The van der Waals surface area contributed by atoms with Crippen LogP contribution in [-0.2, 0) is 19.1 Å². The van der Waals surface area contributed by atoms with Crippen molar-refractivity contribution in [1.82, 2.24) is 10.6 Å². The van der Waals surface area contributed by atoms with Crippen molar-refractivity contribution < 1.29 is 38.1 Å². The highest BCUT2D eigenvalue weighted by Crippen LogP contribution is 2.09. The van der Waals surface area contributed by atoms with Crippen LogP contribution < -0.4 is 20.1 Å². The van der Waals surface area contributed by atoms with Crippen molar-refractivity contribution >= 4 is 24.1 Å². The summed E-state index contributed by atoms with van der Waals surface area (Å²) in [6.45, 7) is 2.97. The molecule has 0 aliphatic rings. The second-order valence-electron chi connectivity index (χ2n) is 7.09. The molecule has 0 aromatic heterocycles. The number of carbonyl (C=O) groups is 4. The Morgan fingerprint density at radius 3 is 1.38 bits per heavy atom. The van der Waals surface area contributed by atoms with Crippen LogP contribution in [-0.4, -0.2) is 49.4 Å². The molecule has 34 heavy (non-hydrogen) atoms. The summed E-state index contributed by atoms with van der Waals surface area (Å²) in [7, 11) is 0. The Kier molecular flexibility index (Phi) is 10.6. The molecule has 2 amide bonds. The molecular weight excluding hydrogens is 444 g/mol. The van der Waals surface area contributed by atoms with Crippen molar-refractivity contribution in [2.45, 2.75) is 25.9 Å². The number of esters is 2. The predicted molar refractivity (Wildman–Crippen MR) is 121 cm³/mol. The number of para-hydroxylation sites is 2. The van der Waals surface area contributed by atoms with Gasteiger partial charge in [-0.2, -0.15) is 0 Å². The van der Waals surface area contributed by atoms with Crippen LogP contribution >= 0.6 is 0 Å². The van der Waals surface area contributed by atoms with Crippen LogP contribution in [0.3, 0.4) is 0 Å². The first kappa shape index (κ1) is 25.9. The van der Waals surface area contributed by atoms with Crippen LogP contribution in [0.5, 0.6) is 11.5 Å². The lowest BCUT2D eigenvalue weighted by molar-refractivity contribution is -0.141. The zero-order valence-corrected chi connectivity index (χ0v) is 18.8. The maximum atomic E-state index is 11.8. The maximum Gasteiger partial charge on any atom is 0.412 e. The van der Waals surface area contributed by atoms with Crippen LogP contribution in [0.25, 0.3) is 0 Å². The summed E-state index contributed by atoms with van der Waals surface area (Å²) < 4.78 is 20.1. The third-order valence-corrected chi connectivity index (χ3v) is 3.94. The van der Waals surface area contributed by atoms with Gasteiger partial charge in [0.05, 0.1) is 12.1 Å². The van der Waals surface area contributed by atoms with E-state index in [0.29, 0.717) is 11.5 Å². The van der Waals surface area contributed by atoms with Gasteiger partial charge in [0, 0.05) is 12.2 Å². The smallest absolute Gasteiger partial charge is 0.412 e. The normalized spacial score (nSPS) is 12.2. The van der Waals surface area contributed by atoms with Gasteiger partial charge in [0.25, 0.3) is 0 Å². The molecular formula is C24H26N2O8. The standard InChI is InChI=1S/C24H26N2O8/c1-17(25-23(29)33-19-9-5-3-6-10-19)15-31-21(27)13-14-22(28)32-16-18(2)26-24(30)34-20-11-7-4-8-12-20/h3-14,17-18H,15-16H2,1-2H3,(H,25,29)(H,26,30)/b14-13+/t17-,18-/m0/s1. The number of amides is 2. The van der Waals surface area contributed by atoms with Crippen molar-refractivity contribution in [3.8, 4) is 11.5 Å². The summed E-state index contributed by atoms with van der Waals surface area (Å²) >= 11 is 0. The lowest BCUT2D eigenvalue weighted by atomic mass is 10.3. The molecule has 0 radical (unpaired) electrons. The number of nitrogens with one attached hydrogen (secondary N) is 2. The predicted octanol–water partition coefficient (Wildman–Crippen LogP) is 2.98. The molecule has 2 atom stereocenters. The minimum absolute atomic E-state index is 0.132. The first-order valence-corrected chi connectivity index (χ1v) is 10.4. The van der Waals surface area contributed by atoms with Gasteiger partial charge in [0.15, 0.2) is 0 Å². The second kappa shape index (κ2) is 13.9. The fourth-order valence-electron chi connectivity index (χ4n) is 2.38. The van der Waals surface area contributed by atoms with E-state index >= 15 is 0 Å². The molecule has 180 valence electrons. The van der Waals surface area contributed by atoms with Gasteiger partial charge in [-0.3, -0.25) is 0 Å². The summed E-state index contributed by atoms with van der Waals surface area (Å²) in [5, 5.41) is 5.03. The third kappa shape index (κ3) is 10.8. The molecule has 0 fully saturated rings. The van der Waals surface area contributed by atoms with Crippen LogP contribution in [0, 0.1) is 0 Å². The number of hydrogen-bond donors (Lipinski definition) is 2. The maximum absolute atomic E-state index is 11.8. The molecule has 2 aromatic rings. The molecule has 0 saturated carbocycles. The van der Waals surface area contributed by atoms with E-state index in [9.17, 15) is 19.2 Å². The van der Waals surface area contributed by atoms with Gasteiger partial charge in [-0.15, -0.1) is 0 Å². The SMILES string of the molecule is C[C@@H](COC(=O)/C=C/C(=O)OC[C@H](C)NC(=O)Oc1ccccc1)NC(=O)Oc1ccccc1. The molecule has 0 unspecified atom stereocenters. The Morgan fingerprint density at radius 2 is 1.03 bits per heavy atom. The lowest BCUT2D eigenvalue weighted by Gasteiger charge is -2.14. The van der Waals surface area contributed by atoms with Gasteiger partial charge in [-0.25, -0.2) is 19.2 Å². The minimum atomic E-state index is -0.792. The molecule has 0 aliphatic heterocycles. The van der Waals surface area contributed by atoms with Crippen molar-refractivity contribution in [2.24, 2.45) is 0 Å². The van der Waals surface area contributed by atoms with Crippen molar-refractivity contribution in [1.29, 1.82) is 0 Å². The van der Waals surface area contributed by atoms with E-state index in [4.69, 9.17) is 18.9 Å². The molecule has 2 aromatic carbocycles. The van der Waals surface area contributed by atoms with E-state index in [1.54, 1.807) is 74.5 Å². The van der Waals surface area contributed by atoms with Crippen LogP contribution in [0.4, 0.5) is 9.59 Å². The fourth-order valence-corrected chi connectivity index (χ4v) is 2.38. The monoisotopic (exact) mass is 470 g/mol. The highest BCUT2D eigenvalue weighted by atomic mass is 16.6. The highest BCUT2D eigenvalue weighted by molar-refractivity contribution is 5.91. The van der Waals surface area contributed by atoms with Gasteiger partial charge in [0.2, 0.25) is 0 Å². The summed E-state index contributed by atoms with van der Waals surface area (Å²) in [6.07, 6.45) is 0.423. The van der Waals surface area contributed by atoms with Gasteiger partial charge in [-0.05, 0) is 38.1 Å². The minimum Gasteiger partial charge on any atom is -0.460 e. The number of rotatable bonds is 10. The molecule has 10 nitrogen and oxygen atoms in total. The van der Waals surface area contributed by atoms with E-state index < -0.39 is 36.2 Å². The van der Waals surface area contributed by atoms with Gasteiger partial charge in [-0.1, -0.05) is 36.4 Å². The molecule has 0 heterocycles. The number of ether oxygens (including phenoxy) is 4. The van der Waals surface area contributed by atoms with Crippen LogP contribution in [0.2, 0.25) is 0 Å². The molecule has 10 heteroatoms. The first-order valence-electron chi connectivity index (χ1n) is 10.4. The molecule has 0 bridgehead atoms. The Hall–Kier alpha value is -4.34. The van der Waals surface area contributed by atoms with E-state index in [2.05, 4.69) is 10.6 Å². The lowest BCUT2D eigenvalue weighted by Crippen LogP contribution is -2.38. The van der Waals surface area contributed by atoms with E-state index in [-0.39, 0.29) is 13.2 Å². The summed E-state index contributed by atoms with van der Waals surface area (Å²) in [4.78, 5) is 47.1. The second-order valence-corrected chi connectivity index (χ2v) is 7.09. The summed E-state index contributed by atoms with van der Waals surface area (Å²) in [5.74, 6) is -0.828. The van der Waals surface area contributed by atoms with Crippen molar-refractivity contribution in [2.75, 3.05) is 13.2 Å². The highest BCUT2D eigenvalue weighted by Gasteiger charge is 2.13. The van der Waals surface area contributed by atoms with Crippen molar-refractivity contribution in [3.63, 3.8) is 0 Å². The first-order chi connectivity index (χ1) is 16.3. The largest absolute Gasteiger partial charge is 0.460 e. The molecule has 2 rings (SSSR count). The molecule has 0 saturated heterocycles. The van der Waals surface area contributed by atoms with Crippen LogP contribution in [0.15, 0.2) is 72.8 Å². The number of hydrogen-bond acceptors (Lipinski definition) is 8. The molecule has 0 aliphatic carbocycles. The van der Waals surface area contributed by atoms with E-state index in [0.717, 1.165) is 12.2 Å². The summed E-state index contributed by atoms with van der Waals surface area (Å²) in [6, 6.07) is 15.9. The fraction of sp³-hybridized carbons (Fsp3) is 0.250. The Labute approximate surface area is 196 Å². The summed E-state index contributed by atoms with van der Waals surface area (Å²) in [5.41, 5.74) is 0. The zero-order chi connectivity index (χ0) is 24.8. The Morgan fingerprint density at radius 1 is 0.676 bits per heavy atom.